The molecule has 2 heterocycles. The van der Waals surface area contributed by atoms with Crippen molar-refractivity contribution in [2.75, 3.05) is 39.6 Å². The Morgan fingerprint density at radius 3 is 2.04 bits per heavy atom. The number of benzene rings is 2. The number of hydrogen-bond donors (Lipinski definition) is 8. The Morgan fingerprint density at radius 1 is 0.711 bits per heavy atom. The summed E-state index contributed by atoms with van der Waals surface area (Å²) < 4.78 is 27.1. The Bertz CT molecular complexity index is 1340. The van der Waals surface area contributed by atoms with Crippen LogP contribution in [-0.4, -0.2) is 148 Å². The topological polar surface area (TPSA) is 234 Å². The van der Waals surface area contributed by atoms with E-state index in [0.717, 1.165) is 11.1 Å². The summed E-state index contributed by atoms with van der Waals surface area (Å²) in [6.07, 6.45) is -15.2. The van der Waals surface area contributed by atoms with Gasteiger partial charge in [-0.1, -0.05) is 30.3 Å². The summed E-state index contributed by atoms with van der Waals surface area (Å²) in [6.45, 7) is -0.917. The van der Waals surface area contributed by atoms with Crippen molar-refractivity contribution >= 4 is 11.7 Å². The molecular weight excluding hydrogens is 598 g/mol. The van der Waals surface area contributed by atoms with Crippen LogP contribution >= 0.6 is 0 Å². The fraction of sp³-hybridized carbons (Fsp3) is 0.533. The minimum Gasteiger partial charge on any atom is -0.394 e. The summed E-state index contributed by atoms with van der Waals surface area (Å²) in [6, 6.07) is 12.3. The molecule has 45 heavy (non-hydrogen) atoms. The van der Waals surface area contributed by atoms with E-state index in [1.807, 2.05) is 12.1 Å². The van der Waals surface area contributed by atoms with Crippen LogP contribution in [0, 0.1) is 0 Å². The zero-order chi connectivity index (χ0) is 32.2. The van der Waals surface area contributed by atoms with Gasteiger partial charge in [0.05, 0.1) is 33.0 Å². The first kappa shape index (κ1) is 33.5. The van der Waals surface area contributed by atoms with Crippen molar-refractivity contribution in [3.8, 4) is 11.1 Å². The van der Waals surface area contributed by atoms with Crippen LogP contribution in [0.4, 0.5) is 0 Å². The molecule has 1 amide bonds. The van der Waals surface area contributed by atoms with E-state index in [9.17, 15) is 45.3 Å². The number of aliphatic hydroxyl groups excluding tert-OH is 7. The van der Waals surface area contributed by atoms with Gasteiger partial charge in [0, 0.05) is 23.2 Å². The van der Waals surface area contributed by atoms with Crippen molar-refractivity contribution in [1.82, 2.24) is 5.32 Å². The van der Waals surface area contributed by atoms with Gasteiger partial charge in [-0.05, 0) is 23.3 Å². The van der Waals surface area contributed by atoms with Crippen molar-refractivity contribution < 1.29 is 69.0 Å². The van der Waals surface area contributed by atoms with Crippen LogP contribution in [0.1, 0.15) is 26.3 Å². The lowest BCUT2D eigenvalue weighted by molar-refractivity contribution is -0.331. The second-order valence-corrected chi connectivity index (χ2v) is 10.9. The van der Waals surface area contributed by atoms with E-state index in [-0.39, 0.29) is 38.1 Å². The number of carbonyl (C=O) groups excluding carboxylic acids is 2. The fourth-order valence-electron chi connectivity index (χ4n) is 5.42. The third-order valence-corrected chi connectivity index (χ3v) is 7.97. The molecule has 10 atom stereocenters. The number of fused-ring (bicyclic) bond motifs is 3. The summed E-state index contributed by atoms with van der Waals surface area (Å²) in [7, 11) is 0. The van der Waals surface area contributed by atoms with Gasteiger partial charge in [-0.2, -0.15) is 0 Å². The van der Waals surface area contributed by atoms with Crippen LogP contribution in [0.15, 0.2) is 42.5 Å². The molecule has 15 nitrogen and oxygen atoms in total. The Labute approximate surface area is 257 Å². The number of ketones is 1. The molecule has 0 unspecified atom stereocenters. The number of amides is 1. The normalized spacial score (nSPS) is 32.6. The second-order valence-electron chi connectivity index (χ2n) is 10.9. The SMILES string of the molecule is O=C(NCCOCCO[C@H]1O[C@H](CO[C@H]2O[C@H](CO)[C@@H](O)[C@H](O)[C@H]2O)[C@@H](O)[C@H](O)[C@H]1O)c1ccc2c(c1)C(=O)c1ccccc1-2. The summed E-state index contributed by atoms with van der Waals surface area (Å²) in [4.78, 5) is 25.3. The zero-order valence-electron chi connectivity index (χ0n) is 24.0. The van der Waals surface area contributed by atoms with E-state index >= 15 is 0 Å². The van der Waals surface area contributed by atoms with Crippen molar-refractivity contribution in [3.05, 3.63) is 59.2 Å². The van der Waals surface area contributed by atoms with Gasteiger partial charge in [-0.3, -0.25) is 9.59 Å². The lowest BCUT2D eigenvalue weighted by Crippen LogP contribution is -2.61. The molecule has 2 aromatic rings. The number of carbonyl (C=O) groups is 2. The highest BCUT2D eigenvalue weighted by molar-refractivity contribution is 6.22. The number of ether oxygens (including phenoxy) is 5. The van der Waals surface area contributed by atoms with Gasteiger partial charge < -0.3 is 64.7 Å². The highest BCUT2D eigenvalue weighted by Gasteiger charge is 2.47. The summed E-state index contributed by atoms with van der Waals surface area (Å²) in [5.41, 5.74) is 3.05. The Hall–Kier alpha value is -2.90. The fourth-order valence-corrected chi connectivity index (χ4v) is 5.42. The molecule has 0 aromatic heterocycles. The summed E-state index contributed by atoms with van der Waals surface area (Å²) in [5, 5.41) is 72.8. The largest absolute Gasteiger partial charge is 0.394 e. The monoisotopic (exact) mass is 635 g/mol. The number of rotatable bonds is 12. The highest BCUT2D eigenvalue weighted by Crippen LogP contribution is 2.36. The number of nitrogens with one attached hydrogen (secondary N) is 1. The van der Waals surface area contributed by atoms with E-state index < -0.39 is 74.6 Å². The predicted molar refractivity (Wildman–Crippen MR) is 151 cm³/mol. The molecule has 0 radical (unpaired) electrons. The summed E-state index contributed by atoms with van der Waals surface area (Å²) in [5.74, 6) is -0.495. The lowest BCUT2D eigenvalue weighted by Gasteiger charge is -2.42. The molecule has 0 bridgehead atoms. The molecule has 8 N–H and O–H groups in total. The van der Waals surface area contributed by atoms with Crippen LogP contribution < -0.4 is 5.32 Å². The Kier molecular flexibility index (Phi) is 10.9. The molecule has 0 spiro atoms. The van der Waals surface area contributed by atoms with Crippen molar-refractivity contribution in [2.24, 2.45) is 0 Å². The predicted octanol–water partition coefficient (Wildman–Crippen LogP) is -2.71. The van der Waals surface area contributed by atoms with Crippen LogP contribution in [0.5, 0.6) is 0 Å². The van der Waals surface area contributed by atoms with Crippen molar-refractivity contribution in [2.45, 2.75) is 61.4 Å². The maximum Gasteiger partial charge on any atom is 0.251 e. The maximum atomic E-state index is 12.7. The lowest BCUT2D eigenvalue weighted by atomic mass is 9.98. The third-order valence-electron chi connectivity index (χ3n) is 7.97. The zero-order valence-corrected chi connectivity index (χ0v) is 24.0. The average molecular weight is 636 g/mol. The molecule has 5 rings (SSSR count). The van der Waals surface area contributed by atoms with E-state index in [1.54, 1.807) is 30.3 Å². The van der Waals surface area contributed by atoms with Crippen molar-refractivity contribution in [1.29, 1.82) is 0 Å². The van der Waals surface area contributed by atoms with Crippen LogP contribution in [0.3, 0.4) is 0 Å². The van der Waals surface area contributed by atoms with Crippen LogP contribution in [-0.2, 0) is 23.7 Å². The molecule has 3 aliphatic rings. The number of hydrogen-bond acceptors (Lipinski definition) is 14. The molecule has 2 aromatic carbocycles. The first-order valence-electron chi connectivity index (χ1n) is 14.5. The third kappa shape index (κ3) is 7.10. The molecule has 0 saturated carbocycles. The van der Waals surface area contributed by atoms with Crippen molar-refractivity contribution in [3.63, 3.8) is 0 Å². The smallest absolute Gasteiger partial charge is 0.251 e. The van der Waals surface area contributed by atoms with Gasteiger partial charge in [-0.25, -0.2) is 0 Å². The molecular formula is C30H37NO14. The van der Waals surface area contributed by atoms with E-state index in [1.165, 1.54) is 0 Å². The summed E-state index contributed by atoms with van der Waals surface area (Å²) >= 11 is 0. The standard InChI is InChI=1S/C30H37NO14/c32-12-19-22(34)24(36)27(39)30(44-19)43-13-20-23(35)25(37)26(38)29(45-20)42-10-9-41-8-7-31-28(40)14-5-6-16-15-3-1-2-4-17(15)21(33)18(16)11-14/h1-6,11,19-20,22-27,29-30,32,34-39H,7-10,12-13H2,(H,31,40)/t19-,20-,22-,23-,24+,25+,26-,27-,29+,30+/m1/s1. The van der Waals surface area contributed by atoms with Crippen LogP contribution in [0.25, 0.3) is 11.1 Å². The average Bonchev–Trinajstić information content (AvgIpc) is 3.34. The first-order valence-corrected chi connectivity index (χ1v) is 14.5. The highest BCUT2D eigenvalue weighted by atomic mass is 16.7. The van der Waals surface area contributed by atoms with Gasteiger partial charge in [0.25, 0.3) is 5.91 Å². The Balaban J connectivity index is 1.02. The van der Waals surface area contributed by atoms with Gasteiger partial charge >= 0.3 is 0 Å². The molecule has 2 aliphatic heterocycles. The maximum absolute atomic E-state index is 12.7. The minimum absolute atomic E-state index is 0.0265. The van der Waals surface area contributed by atoms with Gasteiger partial charge in [0.1, 0.15) is 48.8 Å². The molecule has 2 saturated heterocycles. The Morgan fingerprint density at radius 2 is 1.33 bits per heavy atom. The molecule has 246 valence electrons. The van der Waals surface area contributed by atoms with Gasteiger partial charge in [0.15, 0.2) is 18.4 Å². The molecule has 2 fully saturated rings. The van der Waals surface area contributed by atoms with Gasteiger partial charge in [0.2, 0.25) is 0 Å². The first-order chi connectivity index (χ1) is 21.6. The van der Waals surface area contributed by atoms with E-state index in [4.69, 9.17) is 23.7 Å². The van der Waals surface area contributed by atoms with E-state index in [0.29, 0.717) is 16.7 Å². The van der Waals surface area contributed by atoms with E-state index in [2.05, 4.69) is 5.32 Å². The molecule has 15 heteroatoms. The van der Waals surface area contributed by atoms with Crippen LogP contribution in [0.2, 0.25) is 0 Å². The number of aliphatic hydroxyl groups is 7. The second kappa shape index (κ2) is 14.7. The van der Waals surface area contributed by atoms with Gasteiger partial charge in [-0.15, -0.1) is 0 Å². The molecule has 1 aliphatic carbocycles. The quantitative estimate of drug-likeness (QED) is 0.0946. The minimum atomic E-state index is -1.68.